The van der Waals surface area contributed by atoms with Crippen LogP contribution in [0.1, 0.15) is 5.82 Å². The Morgan fingerprint density at radius 1 is 1.29 bits per heavy atom. The molecular weight excluding hydrogens is 318 g/mol. The van der Waals surface area contributed by atoms with E-state index >= 15 is 0 Å². The summed E-state index contributed by atoms with van der Waals surface area (Å²) in [5.74, 6) is 0.251. The van der Waals surface area contributed by atoms with Crippen molar-refractivity contribution in [1.82, 2.24) is 14.9 Å². The standard InChI is InChI=1S/C12H12ClN3O4S/c1-7-14-15-11(12(17)16(7)20-2)9-5-4-8(13)6-10(9)21(3,18)19/h4-6H,1-3H3. The molecule has 9 heteroatoms. The minimum Gasteiger partial charge on any atom is -0.412 e. The fourth-order valence-corrected chi connectivity index (χ4v) is 2.97. The number of halogens is 1. The minimum atomic E-state index is -3.59. The average Bonchev–Trinajstić information content (AvgIpc) is 2.39. The van der Waals surface area contributed by atoms with E-state index < -0.39 is 15.4 Å². The molecule has 0 saturated carbocycles. The first-order valence-corrected chi connectivity index (χ1v) is 8.03. The van der Waals surface area contributed by atoms with Crippen molar-refractivity contribution in [3.63, 3.8) is 0 Å². The highest BCUT2D eigenvalue weighted by molar-refractivity contribution is 7.90. The Labute approximate surface area is 126 Å². The zero-order valence-electron chi connectivity index (χ0n) is 11.5. The van der Waals surface area contributed by atoms with Crippen LogP contribution in [0.3, 0.4) is 0 Å². The SMILES string of the molecule is COn1c(C)nnc(-c2ccc(Cl)cc2S(C)(=O)=O)c1=O. The molecule has 112 valence electrons. The van der Waals surface area contributed by atoms with Gasteiger partial charge in [0.1, 0.15) is 7.11 Å². The smallest absolute Gasteiger partial charge is 0.313 e. The van der Waals surface area contributed by atoms with Crippen LogP contribution in [0.2, 0.25) is 5.02 Å². The molecule has 0 aliphatic rings. The lowest BCUT2D eigenvalue weighted by atomic mass is 10.1. The molecule has 0 saturated heterocycles. The van der Waals surface area contributed by atoms with E-state index in [4.69, 9.17) is 16.4 Å². The molecule has 0 amide bonds. The third kappa shape index (κ3) is 2.91. The lowest BCUT2D eigenvalue weighted by molar-refractivity contribution is 0.146. The molecule has 21 heavy (non-hydrogen) atoms. The summed E-state index contributed by atoms with van der Waals surface area (Å²) in [6, 6.07) is 4.16. The maximum atomic E-state index is 12.3. The Kier molecular flexibility index (Phi) is 4.02. The highest BCUT2D eigenvalue weighted by Gasteiger charge is 2.20. The van der Waals surface area contributed by atoms with Gasteiger partial charge in [-0.15, -0.1) is 14.9 Å². The average molecular weight is 330 g/mol. The van der Waals surface area contributed by atoms with Crippen LogP contribution >= 0.6 is 11.6 Å². The number of hydrogen-bond acceptors (Lipinski definition) is 6. The Morgan fingerprint density at radius 2 is 1.95 bits per heavy atom. The second kappa shape index (κ2) is 5.45. The highest BCUT2D eigenvalue weighted by atomic mass is 35.5. The molecule has 0 fully saturated rings. The number of aryl methyl sites for hydroxylation is 1. The molecule has 1 aromatic carbocycles. The molecular formula is C12H12ClN3O4S. The van der Waals surface area contributed by atoms with Gasteiger partial charge in [0.25, 0.3) is 0 Å². The summed E-state index contributed by atoms with van der Waals surface area (Å²) in [5, 5.41) is 7.82. The van der Waals surface area contributed by atoms with E-state index in [-0.39, 0.29) is 27.0 Å². The fourth-order valence-electron chi connectivity index (χ4n) is 1.83. The summed E-state index contributed by atoms with van der Waals surface area (Å²) in [6.45, 7) is 1.54. The van der Waals surface area contributed by atoms with Gasteiger partial charge in [0, 0.05) is 16.8 Å². The quantitative estimate of drug-likeness (QED) is 0.824. The van der Waals surface area contributed by atoms with Crippen LogP contribution < -0.4 is 10.4 Å². The predicted molar refractivity (Wildman–Crippen MR) is 77.1 cm³/mol. The summed E-state index contributed by atoms with van der Waals surface area (Å²) in [4.78, 5) is 17.1. The molecule has 0 unspecified atom stereocenters. The zero-order valence-corrected chi connectivity index (χ0v) is 13.1. The largest absolute Gasteiger partial charge is 0.412 e. The van der Waals surface area contributed by atoms with E-state index in [1.54, 1.807) is 6.92 Å². The Balaban J connectivity index is 2.84. The van der Waals surface area contributed by atoms with Crippen molar-refractivity contribution in [2.24, 2.45) is 0 Å². The van der Waals surface area contributed by atoms with Gasteiger partial charge in [-0.05, 0) is 25.1 Å². The van der Waals surface area contributed by atoms with E-state index in [1.165, 1.54) is 25.3 Å². The number of hydrogen-bond donors (Lipinski definition) is 0. The van der Waals surface area contributed by atoms with Gasteiger partial charge in [0.15, 0.2) is 21.4 Å². The first-order chi connectivity index (χ1) is 9.75. The molecule has 0 bridgehead atoms. The Morgan fingerprint density at radius 3 is 2.52 bits per heavy atom. The summed E-state index contributed by atoms with van der Waals surface area (Å²) in [7, 11) is -2.29. The van der Waals surface area contributed by atoms with E-state index in [0.717, 1.165) is 11.0 Å². The Bertz CT molecular complexity index is 861. The van der Waals surface area contributed by atoms with Crippen molar-refractivity contribution >= 4 is 21.4 Å². The third-order valence-electron chi connectivity index (χ3n) is 2.76. The van der Waals surface area contributed by atoms with Crippen LogP contribution in [-0.4, -0.2) is 36.7 Å². The number of rotatable bonds is 3. The monoisotopic (exact) mass is 329 g/mol. The molecule has 0 aliphatic heterocycles. The summed E-state index contributed by atoms with van der Waals surface area (Å²) >= 11 is 5.83. The van der Waals surface area contributed by atoms with Gasteiger partial charge in [0.2, 0.25) is 0 Å². The molecule has 7 nitrogen and oxygen atoms in total. The van der Waals surface area contributed by atoms with Crippen LogP contribution in [0.15, 0.2) is 27.9 Å². The lowest BCUT2D eigenvalue weighted by Gasteiger charge is -2.10. The molecule has 0 atom stereocenters. The first kappa shape index (κ1) is 15.5. The lowest BCUT2D eigenvalue weighted by Crippen LogP contribution is -2.30. The summed E-state index contributed by atoms with van der Waals surface area (Å²) < 4.78 is 24.7. The van der Waals surface area contributed by atoms with Crippen LogP contribution in [-0.2, 0) is 9.84 Å². The predicted octanol–water partition coefficient (Wildman–Crippen LogP) is 0.729. The molecule has 0 N–H and O–H groups in total. The van der Waals surface area contributed by atoms with Gasteiger partial charge in [-0.25, -0.2) is 8.42 Å². The molecule has 0 aliphatic carbocycles. The number of sulfone groups is 1. The van der Waals surface area contributed by atoms with Crippen molar-refractivity contribution in [3.8, 4) is 11.3 Å². The van der Waals surface area contributed by atoms with E-state index in [9.17, 15) is 13.2 Å². The third-order valence-corrected chi connectivity index (χ3v) is 4.13. The van der Waals surface area contributed by atoms with Gasteiger partial charge >= 0.3 is 5.56 Å². The highest BCUT2D eigenvalue weighted by Crippen LogP contribution is 2.26. The van der Waals surface area contributed by atoms with Gasteiger partial charge in [-0.1, -0.05) is 11.6 Å². The maximum Gasteiger partial charge on any atom is 0.313 e. The molecule has 1 aromatic heterocycles. The zero-order chi connectivity index (χ0) is 15.8. The number of aromatic nitrogens is 3. The number of nitrogens with zero attached hydrogens (tertiary/aromatic N) is 3. The van der Waals surface area contributed by atoms with Gasteiger partial charge < -0.3 is 4.84 Å². The van der Waals surface area contributed by atoms with Gasteiger partial charge in [0.05, 0.1) is 4.90 Å². The van der Waals surface area contributed by atoms with E-state index in [0.29, 0.717) is 0 Å². The topological polar surface area (TPSA) is 91.2 Å². The fraction of sp³-hybridized carbons (Fsp3) is 0.250. The van der Waals surface area contributed by atoms with Gasteiger partial charge in [-0.2, -0.15) is 0 Å². The van der Waals surface area contributed by atoms with Crippen LogP contribution in [0.5, 0.6) is 0 Å². The molecule has 2 rings (SSSR count). The van der Waals surface area contributed by atoms with Gasteiger partial charge in [-0.3, -0.25) is 4.79 Å². The molecule has 2 aromatic rings. The van der Waals surface area contributed by atoms with Crippen LogP contribution in [0, 0.1) is 6.92 Å². The summed E-state index contributed by atoms with van der Waals surface area (Å²) in [6.07, 6.45) is 1.03. The second-order valence-corrected chi connectivity index (χ2v) is 6.71. The van der Waals surface area contributed by atoms with E-state index in [2.05, 4.69) is 10.2 Å². The summed E-state index contributed by atoms with van der Waals surface area (Å²) in [5.41, 5.74) is -0.595. The van der Waals surface area contributed by atoms with Crippen molar-refractivity contribution < 1.29 is 13.3 Å². The van der Waals surface area contributed by atoms with Crippen molar-refractivity contribution in [3.05, 3.63) is 39.4 Å². The maximum absolute atomic E-state index is 12.3. The van der Waals surface area contributed by atoms with Crippen LogP contribution in [0.4, 0.5) is 0 Å². The second-order valence-electron chi connectivity index (χ2n) is 4.29. The van der Waals surface area contributed by atoms with Crippen molar-refractivity contribution in [1.29, 1.82) is 0 Å². The normalized spacial score (nSPS) is 11.4. The molecule has 0 radical (unpaired) electrons. The van der Waals surface area contributed by atoms with E-state index in [1.807, 2.05) is 0 Å². The van der Waals surface area contributed by atoms with Crippen LogP contribution in [0.25, 0.3) is 11.3 Å². The molecule has 0 spiro atoms. The van der Waals surface area contributed by atoms with Crippen molar-refractivity contribution in [2.75, 3.05) is 13.4 Å². The minimum absolute atomic E-state index is 0.0899. The molecule has 1 heterocycles. The number of benzene rings is 1. The Hall–Kier alpha value is -1.93. The van der Waals surface area contributed by atoms with Crippen molar-refractivity contribution in [2.45, 2.75) is 11.8 Å². The first-order valence-electron chi connectivity index (χ1n) is 5.76.